The molecule has 122 valence electrons. The molecule has 22 heavy (non-hydrogen) atoms. The van der Waals surface area contributed by atoms with Crippen LogP contribution in [0.5, 0.6) is 0 Å². The summed E-state index contributed by atoms with van der Waals surface area (Å²) < 4.78 is 5.37. The van der Waals surface area contributed by atoms with Gasteiger partial charge in [-0.25, -0.2) is 9.78 Å². The third-order valence-corrected chi connectivity index (χ3v) is 4.45. The Kier molecular flexibility index (Phi) is 5.05. The van der Waals surface area contributed by atoms with Gasteiger partial charge in [0.05, 0.1) is 17.1 Å². The minimum Gasteiger partial charge on any atom is -0.481 e. The van der Waals surface area contributed by atoms with Gasteiger partial charge in [-0.3, -0.25) is 4.79 Å². The first-order valence-electron chi connectivity index (χ1n) is 7.38. The van der Waals surface area contributed by atoms with E-state index in [1.165, 1.54) is 11.3 Å². The normalized spacial score (nSPS) is 16.6. The first-order chi connectivity index (χ1) is 10.2. The van der Waals surface area contributed by atoms with Gasteiger partial charge in [-0.1, -0.05) is 0 Å². The number of hydrogen-bond acceptors (Lipinski definition) is 5. The van der Waals surface area contributed by atoms with Gasteiger partial charge in [0.25, 0.3) is 0 Å². The average molecular weight is 326 g/mol. The number of ether oxygens (including phenoxy) is 1. The number of carboxylic acid groups (broad SMARTS) is 1. The molecule has 0 saturated carbocycles. The molecule has 0 unspecified atom stereocenters. The predicted octanol–water partition coefficient (Wildman–Crippen LogP) is 2.88. The summed E-state index contributed by atoms with van der Waals surface area (Å²) in [7, 11) is 0. The van der Waals surface area contributed by atoms with Crippen LogP contribution in [0.3, 0.4) is 0 Å². The standard InChI is InChI=1S/C15H22N2O4S/c1-15(2,3)21-14(20)17-6-4-10(5-7-17)13-16-11(9-22-13)8-12(18)19/h9-10H,4-8H2,1-3H3,(H,18,19). The lowest BCUT2D eigenvalue weighted by Crippen LogP contribution is -2.41. The number of amides is 1. The molecule has 2 heterocycles. The first kappa shape index (κ1) is 16.7. The van der Waals surface area contributed by atoms with E-state index in [9.17, 15) is 9.59 Å². The molecular weight excluding hydrogens is 304 g/mol. The molecule has 1 aliphatic heterocycles. The fraction of sp³-hybridized carbons (Fsp3) is 0.667. The first-order valence-corrected chi connectivity index (χ1v) is 8.26. The highest BCUT2D eigenvalue weighted by atomic mass is 32.1. The number of piperidine rings is 1. The molecule has 1 amide bonds. The molecule has 1 N–H and O–H groups in total. The fourth-order valence-corrected chi connectivity index (χ4v) is 3.37. The molecule has 0 radical (unpaired) electrons. The maximum atomic E-state index is 12.0. The highest BCUT2D eigenvalue weighted by Gasteiger charge is 2.28. The van der Waals surface area contributed by atoms with Crippen LogP contribution in [0, 0.1) is 0 Å². The Morgan fingerprint density at radius 3 is 2.59 bits per heavy atom. The summed E-state index contributed by atoms with van der Waals surface area (Å²) in [4.78, 5) is 28.8. The summed E-state index contributed by atoms with van der Waals surface area (Å²) in [6, 6.07) is 0. The third-order valence-electron chi connectivity index (χ3n) is 3.40. The number of carboxylic acids is 1. The van der Waals surface area contributed by atoms with E-state index in [-0.39, 0.29) is 12.5 Å². The van der Waals surface area contributed by atoms with Crippen molar-refractivity contribution in [3.8, 4) is 0 Å². The molecule has 2 rings (SSSR count). The predicted molar refractivity (Wildman–Crippen MR) is 83.2 cm³/mol. The molecule has 1 aliphatic rings. The number of hydrogen-bond donors (Lipinski definition) is 1. The number of rotatable bonds is 3. The topological polar surface area (TPSA) is 79.7 Å². The smallest absolute Gasteiger partial charge is 0.410 e. The lowest BCUT2D eigenvalue weighted by Gasteiger charge is -2.32. The van der Waals surface area contributed by atoms with Gasteiger partial charge < -0.3 is 14.7 Å². The summed E-state index contributed by atoms with van der Waals surface area (Å²) in [5.41, 5.74) is 0.136. The molecule has 1 aromatic rings. The monoisotopic (exact) mass is 326 g/mol. The summed E-state index contributed by atoms with van der Waals surface area (Å²) in [5.74, 6) is -0.567. The summed E-state index contributed by atoms with van der Waals surface area (Å²) in [6.07, 6.45) is 1.36. The van der Waals surface area contributed by atoms with Crippen LogP contribution in [0.15, 0.2) is 5.38 Å². The van der Waals surface area contributed by atoms with Gasteiger partial charge >= 0.3 is 12.1 Å². The van der Waals surface area contributed by atoms with Gasteiger partial charge in [-0.05, 0) is 33.6 Å². The third kappa shape index (κ3) is 4.69. The molecule has 0 spiro atoms. The Hall–Kier alpha value is -1.63. The number of likely N-dealkylation sites (tertiary alicyclic amines) is 1. The van der Waals surface area contributed by atoms with Crippen molar-refractivity contribution in [2.75, 3.05) is 13.1 Å². The SMILES string of the molecule is CC(C)(C)OC(=O)N1CCC(c2nc(CC(=O)O)cs2)CC1. The minimum atomic E-state index is -0.864. The van der Waals surface area contributed by atoms with E-state index in [0.29, 0.717) is 24.7 Å². The van der Waals surface area contributed by atoms with E-state index in [1.807, 2.05) is 26.2 Å². The van der Waals surface area contributed by atoms with Crippen LogP contribution in [-0.4, -0.2) is 45.7 Å². The van der Waals surface area contributed by atoms with Gasteiger partial charge in [0.2, 0.25) is 0 Å². The van der Waals surface area contributed by atoms with Crippen molar-refractivity contribution < 1.29 is 19.4 Å². The highest BCUT2D eigenvalue weighted by Crippen LogP contribution is 2.31. The lowest BCUT2D eigenvalue weighted by atomic mass is 9.98. The van der Waals surface area contributed by atoms with Gasteiger partial charge in [0.15, 0.2) is 0 Å². The van der Waals surface area contributed by atoms with E-state index < -0.39 is 11.6 Å². The van der Waals surface area contributed by atoms with Crippen molar-refractivity contribution in [3.05, 3.63) is 16.1 Å². The Balaban J connectivity index is 1.88. The Morgan fingerprint density at radius 1 is 1.41 bits per heavy atom. The van der Waals surface area contributed by atoms with Crippen LogP contribution >= 0.6 is 11.3 Å². The van der Waals surface area contributed by atoms with Crippen molar-refractivity contribution in [2.24, 2.45) is 0 Å². The fourth-order valence-electron chi connectivity index (χ4n) is 2.38. The molecule has 0 aromatic carbocycles. The second-order valence-corrected chi connectivity index (χ2v) is 7.38. The van der Waals surface area contributed by atoms with E-state index in [1.54, 1.807) is 4.90 Å². The number of aromatic nitrogens is 1. The maximum absolute atomic E-state index is 12.0. The quantitative estimate of drug-likeness (QED) is 0.924. The molecule has 0 aliphatic carbocycles. The molecule has 1 aromatic heterocycles. The second kappa shape index (κ2) is 6.64. The average Bonchev–Trinajstić information content (AvgIpc) is 2.84. The van der Waals surface area contributed by atoms with Crippen molar-refractivity contribution in [3.63, 3.8) is 0 Å². The molecule has 0 atom stereocenters. The molecular formula is C15H22N2O4S. The van der Waals surface area contributed by atoms with E-state index >= 15 is 0 Å². The van der Waals surface area contributed by atoms with Crippen molar-refractivity contribution in [1.29, 1.82) is 0 Å². The zero-order valence-electron chi connectivity index (χ0n) is 13.2. The molecule has 1 fully saturated rings. The zero-order valence-corrected chi connectivity index (χ0v) is 14.0. The zero-order chi connectivity index (χ0) is 16.3. The number of carbonyl (C=O) groups is 2. The molecule has 1 saturated heterocycles. The van der Waals surface area contributed by atoms with Crippen molar-refractivity contribution in [1.82, 2.24) is 9.88 Å². The molecule has 6 nitrogen and oxygen atoms in total. The van der Waals surface area contributed by atoms with Gasteiger partial charge in [-0.15, -0.1) is 11.3 Å². The van der Waals surface area contributed by atoms with Gasteiger partial charge in [0, 0.05) is 24.4 Å². The van der Waals surface area contributed by atoms with E-state index in [0.717, 1.165) is 17.8 Å². The lowest BCUT2D eigenvalue weighted by molar-refractivity contribution is -0.136. The van der Waals surface area contributed by atoms with Crippen LogP contribution < -0.4 is 0 Å². The van der Waals surface area contributed by atoms with E-state index in [2.05, 4.69) is 4.98 Å². The Morgan fingerprint density at radius 2 is 2.05 bits per heavy atom. The Bertz CT molecular complexity index is 542. The summed E-state index contributed by atoms with van der Waals surface area (Å²) in [6.45, 7) is 6.87. The largest absolute Gasteiger partial charge is 0.481 e. The summed E-state index contributed by atoms with van der Waals surface area (Å²) >= 11 is 1.51. The summed E-state index contributed by atoms with van der Waals surface area (Å²) in [5, 5.41) is 11.6. The molecule has 7 heteroatoms. The van der Waals surface area contributed by atoms with Crippen LogP contribution in [-0.2, 0) is 16.0 Å². The van der Waals surface area contributed by atoms with Crippen LogP contribution in [0.1, 0.15) is 50.2 Å². The molecule has 0 bridgehead atoms. The number of nitrogens with zero attached hydrogens (tertiary/aromatic N) is 2. The minimum absolute atomic E-state index is 0.0345. The van der Waals surface area contributed by atoms with Crippen LogP contribution in [0.25, 0.3) is 0 Å². The van der Waals surface area contributed by atoms with Gasteiger partial charge in [0.1, 0.15) is 5.60 Å². The number of carbonyl (C=O) groups excluding carboxylic acids is 1. The number of aliphatic carboxylic acids is 1. The van der Waals surface area contributed by atoms with E-state index in [4.69, 9.17) is 9.84 Å². The van der Waals surface area contributed by atoms with Crippen molar-refractivity contribution >= 4 is 23.4 Å². The van der Waals surface area contributed by atoms with Crippen LogP contribution in [0.4, 0.5) is 4.79 Å². The van der Waals surface area contributed by atoms with Crippen LogP contribution in [0.2, 0.25) is 0 Å². The van der Waals surface area contributed by atoms with Gasteiger partial charge in [-0.2, -0.15) is 0 Å². The van der Waals surface area contributed by atoms with Crippen molar-refractivity contribution in [2.45, 2.75) is 51.6 Å². The highest BCUT2D eigenvalue weighted by molar-refractivity contribution is 7.09. The Labute approximate surface area is 134 Å². The number of thiazole rings is 1. The second-order valence-electron chi connectivity index (χ2n) is 6.49. The maximum Gasteiger partial charge on any atom is 0.410 e.